The summed E-state index contributed by atoms with van der Waals surface area (Å²) < 4.78 is 11.3. The molecule has 1 N–H and O–H groups in total. The van der Waals surface area contributed by atoms with Crippen LogP contribution in [0.15, 0.2) is 72.8 Å². The van der Waals surface area contributed by atoms with Gasteiger partial charge in [-0.15, -0.1) is 0 Å². The molecule has 0 aliphatic rings. The first kappa shape index (κ1) is 30.2. The molecule has 3 rings (SSSR count). The van der Waals surface area contributed by atoms with Crippen molar-refractivity contribution in [2.75, 3.05) is 13.2 Å². The van der Waals surface area contributed by atoms with Gasteiger partial charge in [0.2, 0.25) is 0 Å². The van der Waals surface area contributed by atoms with Gasteiger partial charge < -0.3 is 14.6 Å². The Morgan fingerprint density at radius 1 is 0.897 bits per heavy atom. The van der Waals surface area contributed by atoms with Gasteiger partial charge in [0.15, 0.2) is 6.10 Å². The topological polar surface area (TPSA) is 55.8 Å². The van der Waals surface area contributed by atoms with Gasteiger partial charge in [0.25, 0.3) is 0 Å². The highest BCUT2D eigenvalue weighted by Gasteiger charge is 2.21. The average molecular weight is 529 g/mol. The molecule has 0 saturated carbocycles. The second kappa shape index (κ2) is 12.7. The maximum atomic E-state index is 11.4. The molecule has 4 nitrogen and oxygen atoms in total. The van der Waals surface area contributed by atoms with E-state index in [1.165, 1.54) is 33.4 Å². The Bertz CT molecular complexity index is 1290. The molecule has 0 fully saturated rings. The van der Waals surface area contributed by atoms with E-state index < -0.39 is 12.1 Å². The van der Waals surface area contributed by atoms with Gasteiger partial charge in [-0.05, 0) is 81.8 Å². The van der Waals surface area contributed by atoms with Crippen molar-refractivity contribution in [2.45, 2.75) is 78.7 Å². The zero-order valence-electron chi connectivity index (χ0n) is 24.8. The van der Waals surface area contributed by atoms with Crippen molar-refractivity contribution in [3.63, 3.8) is 0 Å². The SMILES string of the molecule is CCOC(Cc1ccc(OCC=C(C)c2ccc(-c3cccc(C(C)(C)C)c3)cc2C(C)(C)C)cc1)C(=O)O. The maximum absolute atomic E-state index is 11.4. The molecule has 39 heavy (non-hydrogen) atoms. The zero-order chi connectivity index (χ0) is 28.8. The van der Waals surface area contributed by atoms with E-state index in [1.807, 2.05) is 24.3 Å². The van der Waals surface area contributed by atoms with E-state index in [0.717, 1.165) is 11.3 Å². The minimum absolute atomic E-state index is 0.0198. The normalized spacial score (nSPS) is 13.3. The van der Waals surface area contributed by atoms with Gasteiger partial charge in [-0.3, -0.25) is 0 Å². The molecule has 0 aromatic heterocycles. The molecule has 0 aliphatic carbocycles. The van der Waals surface area contributed by atoms with Gasteiger partial charge >= 0.3 is 5.97 Å². The summed E-state index contributed by atoms with van der Waals surface area (Å²) in [5.74, 6) is -0.199. The summed E-state index contributed by atoms with van der Waals surface area (Å²) in [5.41, 5.74) is 8.50. The van der Waals surface area contributed by atoms with Gasteiger partial charge in [0.1, 0.15) is 12.4 Å². The lowest BCUT2D eigenvalue weighted by atomic mass is 9.80. The lowest BCUT2D eigenvalue weighted by molar-refractivity contribution is -0.149. The Balaban J connectivity index is 1.76. The Morgan fingerprint density at radius 2 is 1.56 bits per heavy atom. The van der Waals surface area contributed by atoms with Crippen LogP contribution in [0.1, 0.15) is 77.6 Å². The molecule has 0 heterocycles. The van der Waals surface area contributed by atoms with Crippen molar-refractivity contribution < 1.29 is 19.4 Å². The van der Waals surface area contributed by atoms with Crippen LogP contribution < -0.4 is 4.74 Å². The molecule has 0 amide bonds. The lowest BCUT2D eigenvalue weighted by Crippen LogP contribution is -2.26. The van der Waals surface area contributed by atoms with E-state index in [0.29, 0.717) is 19.6 Å². The number of allylic oxidation sites excluding steroid dienone is 1. The minimum atomic E-state index is -0.945. The summed E-state index contributed by atoms with van der Waals surface area (Å²) in [6, 6.07) is 23.2. The number of carboxylic acids is 1. The van der Waals surface area contributed by atoms with Crippen LogP contribution >= 0.6 is 0 Å². The molecule has 1 unspecified atom stereocenters. The number of benzene rings is 3. The first-order valence-corrected chi connectivity index (χ1v) is 13.8. The molecule has 4 heteroatoms. The third kappa shape index (κ3) is 8.31. The van der Waals surface area contributed by atoms with Crippen molar-refractivity contribution >= 4 is 11.5 Å². The first-order chi connectivity index (χ1) is 18.3. The fourth-order valence-electron chi connectivity index (χ4n) is 4.58. The second-order valence-electron chi connectivity index (χ2n) is 12.2. The number of carbonyl (C=O) groups is 1. The van der Waals surface area contributed by atoms with Crippen LogP contribution in [-0.2, 0) is 26.8 Å². The summed E-state index contributed by atoms with van der Waals surface area (Å²) in [4.78, 5) is 11.4. The molecule has 0 bridgehead atoms. The summed E-state index contributed by atoms with van der Waals surface area (Å²) in [6.45, 7) is 18.3. The molecule has 0 aliphatic heterocycles. The molecule has 3 aromatic rings. The monoisotopic (exact) mass is 528 g/mol. The highest BCUT2D eigenvalue weighted by atomic mass is 16.5. The largest absolute Gasteiger partial charge is 0.490 e. The Morgan fingerprint density at radius 3 is 2.15 bits per heavy atom. The molecular weight excluding hydrogens is 484 g/mol. The second-order valence-corrected chi connectivity index (χ2v) is 12.2. The molecule has 3 aromatic carbocycles. The highest BCUT2D eigenvalue weighted by Crippen LogP contribution is 2.35. The minimum Gasteiger partial charge on any atom is -0.490 e. The summed E-state index contributed by atoms with van der Waals surface area (Å²) >= 11 is 0. The van der Waals surface area contributed by atoms with Crippen LogP contribution in [0.2, 0.25) is 0 Å². The molecular formula is C35H44O4. The third-order valence-corrected chi connectivity index (χ3v) is 6.94. The van der Waals surface area contributed by atoms with Crippen LogP contribution in [0.4, 0.5) is 0 Å². The summed E-state index contributed by atoms with van der Waals surface area (Å²) in [5, 5.41) is 9.31. The van der Waals surface area contributed by atoms with Gasteiger partial charge in [0, 0.05) is 13.0 Å². The number of hydrogen-bond donors (Lipinski definition) is 1. The number of aliphatic carboxylic acids is 1. The van der Waals surface area contributed by atoms with E-state index in [4.69, 9.17) is 9.47 Å². The van der Waals surface area contributed by atoms with Crippen molar-refractivity contribution in [2.24, 2.45) is 0 Å². The Kier molecular flexibility index (Phi) is 9.79. The number of rotatable bonds is 10. The van der Waals surface area contributed by atoms with Crippen LogP contribution in [0, 0.1) is 0 Å². The highest BCUT2D eigenvalue weighted by molar-refractivity contribution is 5.74. The standard InChI is InChI=1S/C35H44O4/c1-9-38-32(33(36)37)21-25-13-16-29(17-14-25)39-20-19-24(2)30-18-15-27(23-31(30)35(6,7)8)26-11-10-12-28(22-26)34(3,4)5/h10-19,22-23,32H,9,20-21H2,1-8H3,(H,36,37). The van der Waals surface area contributed by atoms with Crippen LogP contribution in [0.25, 0.3) is 16.7 Å². The first-order valence-electron chi connectivity index (χ1n) is 13.8. The molecule has 208 valence electrons. The fraction of sp³-hybridized carbons (Fsp3) is 0.400. The fourth-order valence-corrected chi connectivity index (χ4v) is 4.58. The molecule has 1 atom stereocenters. The number of carboxylic acid groups (broad SMARTS) is 1. The van der Waals surface area contributed by atoms with Gasteiger partial charge in [0.05, 0.1) is 0 Å². The third-order valence-electron chi connectivity index (χ3n) is 6.94. The van der Waals surface area contributed by atoms with Crippen molar-refractivity contribution in [1.29, 1.82) is 0 Å². The molecule has 0 radical (unpaired) electrons. The summed E-state index contributed by atoms with van der Waals surface area (Å²) in [6.07, 6.45) is 1.61. The van der Waals surface area contributed by atoms with Crippen LogP contribution in [0.3, 0.4) is 0 Å². The van der Waals surface area contributed by atoms with E-state index in [-0.39, 0.29) is 10.8 Å². The van der Waals surface area contributed by atoms with E-state index in [9.17, 15) is 9.90 Å². The van der Waals surface area contributed by atoms with Crippen molar-refractivity contribution in [1.82, 2.24) is 0 Å². The van der Waals surface area contributed by atoms with Gasteiger partial charge in [-0.2, -0.15) is 0 Å². The van der Waals surface area contributed by atoms with E-state index in [2.05, 4.69) is 97.0 Å². The summed E-state index contributed by atoms with van der Waals surface area (Å²) in [7, 11) is 0. The molecule has 0 spiro atoms. The van der Waals surface area contributed by atoms with Crippen LogP contribution in [-0.4, -0.2) is 30.4 Å². The van der Waals surface area contributed by atoms with Crippen molar-refractivity contribution in [3.8, 4) is 16.9 Å². The maximum Gasteiger partial charge on any atom is 0.333 e. The van der Waals surface area contributed by atoms with E-state index in [1.54, 1.807) is 6.92 Å². The number of ether oxygens (including phenoxy) is 2. The predicted molar refractivity (Wildman–Crippen MR) is 162 cm³/mol. The Labute approximate surface area is 234 Å². The predicted octanol–water partition coefficient (Wildman–Crippen LogP) is 8.46. The lowest BCUT2D eigenvalue weighted by Gasteiger charge is -2.25. The zero-order valence-corrected chi connectivity index (χ0v) is 24.8. The quantitative estimate of drug-likeness (QED) is 0.287. The van der Waals surface area contributed by atoms with E-state index >= 15 is 0 Å². The number of hydrogen-bond acceptors (Lipinski definition) is 3. The molecule has 0 saturated heterocycles. The smallest absolute Gasteiger partial charge is 0.333 e. The van der Waals surface area contributed by atoms with Crippen LogP contribution in [0.5, 0.6) is 5.75 Å². The Hall–Kier alpha value is -3.37. The van der Waals surface area contributed by atoms with Crippen molar-refractivity contribution in [3.05, 3.63) is 95.1 Å². The van der Waals surface area contributed by atoms with Gasteiger partial charge in [-0.25, -0.2) is 4.79 Å². The average Bonchev–Trinajstić information content (AvgIpc) is 2.88. The van der Waals surface area contributed by atoms with Gasteiger partial charge in [-0.1, -0.05) is 96.1 Å².